The first-order chi connectivity index (χ1) is 16.6. The average Bonchev–Trinajstić information content (AvgIpc) is 3.47. The fourth-order valence-electron chi connectivity index (χ4n) is 3.77. The zero-order valence-electron chi connectivity index (χ0n) is 17.6. The van der Waals surface area contributed by atoms with Gasteiger partial charge in [0, 0.05) is 25.4 Å². The Morgan fingerprint density at radius 2 is 1.61 bits per heavy atom. The van der Waals surface area contributed by atoms with E-state index in [2.05, 4.69) is 9.72 Å². The number of hydrogen-bond donors (Lipinski definition) is 0. The van der Waals surface area contributed by atoms with Gasteiger partial charge in [0.2, 0.25) is 0 Å². The van der Waals surface area contributed by atoms with E-state index in [0.717, 1.165) is 17.0 Å². The number of esters is 1. The van der Waals surface area contributed by atoms with Gasteiger partial charge in [-0.25, -0.2) is 22.9 Å². The van der Waals surface area contributed by atoms with Crippen LogP contribution in [-0.4, -0.2) is 59.5 Å². The van der Waals surface area contributed by atoms with Crippen molar-refractivity contribution in [3.8, 4) is 0 Å². The number of benzene rings is 1. The second-order valence-corrected chi connectivity index (χ2v) is 9.77. The second kappa shape index (κ2) is 8.18. The summed E-state index contributed by atoms with van der Waals surface area (Å²) in [7, 11) is -5.71. The van der Waals surface area contributed by atoms with Crippen molar-refractivity contribution in [2.45, 2.75) is 41.2 Å². The highest BCUT2D eigenvalue weighted by Crippen LogP contribution is 2.52. The van der Waals surface area contributed by atoms with Crippen molar-refractivity contribution >= 4 is 33.4 Å². The van der Waals surface area contributed by atoms with Gasteiger partial charge in [0.15, 0.2) is 5.54 Å². The number of nitrogens with zero attached hydrogens (tertiary/aromatic N) is 3. The highest BCUT2D eigenvalue weighted by atomic mass is 32.2. The lowest BCUT2D eigenvalue weighted by Crippen LogP contribution is -2.41. The molecule has 4 rings (SSSR count). The van der Waals surface area contributed by atoms with E-state index in [1.165, 1.54) is 24.5 Å². The summed E-state index contributed by atoms with van der Waals surface area (Å²) in [6.45, 7) is -0.301. The number of anilines is 1. The number of hydrogen-bond acceptors (Lipinski definition) is 7. The summed E-state index contributed by atoms with van der Waals surface area (Å²) in [5, 5.41) is 0. The van der Waals surface area contributed by atoms with Crippen molar-refractivity contribution in [1.29, 1.82) is 0 Å². The van der Waals surface area contributed by atoms with E-state index < -0.39 is 62.4 Å². The van der Waals surface area contributed by atoms with Crippen LogP contribution in [0, 0.1) is 0 Å². The molecule has 2 heterocycles. The first kappa shape index (κ1) is 25.4. The Balaban J connectivity index is 1.69. The second-order valence-electron chi connectivity index (χ2n) is 7.83. The molecule has 9 nitrogen and oxygen atoms in total. The van der Waals surface area contributed by atoms with Gasteiger partial charge in [-0.3, -0.25) is 9.78 Å². The molecule has 192 valence electrons. The Kier molecular flexibility index (Phi) is 5.77. The molecule has 3 amide bonds. The molecule has 2 unspecified atom stereocenters. The number of carbonyl (C=O) groups excluding carboxylic acids is 3. The molecule has 16 heteroatoms. The molecule has 1 aliphatic heterocycles. The Hall–Kier alpha value is -3.69. The van der Waals surface area contributed by atoms with Crippen LogP contribution in [0.1, 0.15) is 12.0 Å². The van der Waals surface area contributed by atoms with Crippen LogP contribution in [0.2, 0.25) is 0 Å². The van der Waals surface area contributed by atoms with E-state index >= 15 is 0 Å². The van der Waals surface area contributed by atoms with Crippen molar-refractivity contribution in [2.75, 3.05) is 4.90 Å². The van der Waals surface area contributed by atoms with Crippen LogP contribution < -0.4 is 4.90 Å². The van der Waals surface area contributed by atoms with E-state index in [1.54, 1.807) is 0 Å². The van der Waals surface area contributed by atoms with Gasteiger partial charge in [0.25, 0.3) is 15.7 Å². The Morgan fingerprint density at radius 3 is 2.14 bits per heavy atom. The minimum Gasteiger partial charge on any atom is -0.453 e. The van der Waals surface area contributed by atoms with Crippen LogP contribution in [0.4, 0.5) is 36.8 Å². The molecule has 1 aromatic heterocycles. The fraction of sp³-hybridized carbons (Fsp3) is 0.300. The van der Waals surface area contributed by atoms with Gasteiger partial charge in [0.1, 0.15) is 6.10 Å². The molecule has 36 heavy (non-hydrogen) atoms. The molecule has 1 aliphatic carbocycles. The quantitative estimate of drug-likeness (QED) is 0.327. The highest BCUT2D eigenvalue weighted by Gasteiger charge is 2.75. The smallest absolute Gasteiger partial charge is 0.453 e. The van der Waals surface area contributed by atoms with Crippen molar-refractivity contribution < 1.29 is 53.9 Å². The molecule has 0 N–H and O–H groups in total. The lowest BCUT2D eigenvalue weighted by atomic mass is 10.2. The summed E-state index contributed by atoms with van der Waals surface area (Å²) in [4.78, 5) is 41.8. The van der Waals surface area contributed by atoms with Crippen LogP contribution in [0.5, 0.6) is 0 Å². The number of sulfone groups is 1. The number of halogens is 6. The lowest BCUT2D eigenvalue weighted by molar-refractivity contribution is -0.202. The lowest BCUT2D eigenvalue weighted by Gasteiger charge is -2.22. The van der Waals surface area contributed by atoms with E-state index in [1.807, 2.05) is 0 Å². The normalized spacial score (nSPS) is 22.3. The Bertz CT molecular complexity index is 1330. The summed E-state index contributed by atoms with van der Waals surface area (Å²) in [5.74, 6) is -3.65. The molecule has 1 spiro atoms. The first-order valence-electron chi connectivity index (χ1n) is 9.85. The van der Waals surface area contributed by atoms with E-state index in [-0.39, 0.29) is 12.2 Å². The maximum absolute atomic E-state index is 13.3. The molecule has 2 fully saturated rings. The number of imide groups is 1. The summed E-state index contributed by atoms with van der Waals surface area (Å²) in [6, 6.07) is 4.48. The molecular weight excluding hydrogens is 524 g/mol. The number of aromatic nitrogens is 1. The number of carbonyl (C=O) groups is 3. The number of ether oxygens (including phenoxy) is 1. The summed E-state index contributed by atoms with van der Waals surface area (Å²) in [6.07, 6.45) is -4.74. The fourth-order valence-corrected chi connectivity index (χ4v) is 4.53. The van der Waals surface area contributed by atoms with Crippen molar-refractivity contribution in [3.63, 3.8) is 0 Å². The minimum absolute atomic E-state index is 0.301. The van der Waals surface area contributed by atoms with Crippen LogP contribution in [0.15, 0.2) is 53.7 Å². The summed E-state index contributed by atoms with van der Waals surface area (Å²) < 4.78 is 104. The van der Waals surface area contributed by atoms with Gasteiger partial charge in [-0.2, -0.15) is 26.3 Å². The summed E-state index contributed by atoms with van der Waals surface area (Å²) in [5.41, 5.74) is -7.50. The minimum atomic E-state index is -5.71. The van der Waals surface area contributed by atoms with Crippen molar-refractivity contribution in [1.82, 2.24) is 9.88 Å². The molecular formula is C20H13F6N3O6S. The Labute approximate surface area is 198 Å². The molecule has 1 saturated carbocycles. The maximum Gasteiger partial charge on any atom is 0.501 e. The standard InChI is InChI=1S/C20H13F6N3O6S/c21-19(22,23)16(31)35-14-9-18(14)15(30)29(17(32)28(18)10-11-5-7-27-8-6-11)12-1-3-13(4-2-12)36(33,34)20(24,25)26/h1-8,14H,9-10H2. The third-order valence-corrected chi connectivity index (χ3v) is 7.13. The number of rotatable bonds is 5. The molecule has 1 aromatic carbocycles. The summed E-state index contributed by atoms with van der Waals surface area (Å²) >= 11 is 0. The third kappa shape index (κ3) is 4.04. The SMILES string of the molecule is O=C1N(c2ccc(S(=O)(=O)C(F)(F)F)cc2)C(=O)C2(CC2OC(=O)C(F)(F)F)N1Cc1ccncc1. The molecule has 1 saturated heterocycles. The molecule has 0 bridgehead atoms. The van der Waals surface area contributed by atoms with Crippen molar-refractivity contribution in [2.24, 2.45) is 0 Å². The van der Waals surface area contributed by atoms with Gasteiger partial charge < -0.3 is 9.64 Å². The van der Waals surface area contributed by atoms with E-state index in [0.29, 0.717) is 22.6 Å². The largest absolute Gasteiger partial charge is 0.501 e. The predicted molar refractivity (Wildman–Crippen MR) is 106 cm³/mol. The molecule has 0 radical (unpaired) electrons. The zero-order valence-corrected chi connectivity index (χ0v) is 18.4. The van der Waals surface area contributed by atoms with Gasteiger partial charge >= 0.3 is 23.7 Å². The average molecular weight is 537 g/mol. The van der Waals surface area contributed by atoms with E-state index in [4.69, 9.17) is 0 Å². The monoisotopic (exact) mass is 537 g/mol. The highest BCUT2D eigenvalue weighted by molar-refractivity contribution is 7.92. The number of alkyl halides is 6. The van der Waals surface area contributed by atoms with Gasteiger partial charge in [-0.05, 0) is 42.0 Å². The number of amides is 3. The first-order valence-corrected chi connectivity index (χ1v) is 11.3. The van der Waals surface area contributed by atoms with E-state index in [9.17, 15) is 49.1 Å². The molecule has 2 atom stereocenters. The maximum atomic E-state index is 13.3. The molecule has 2 aromatic rings. The van der Waals surface area contributed by atoms with Crippen LogP contribution in [-0.2, 0) is 30.7 Å². The Morgan fingerprint density at radius 1 is 1.03 bits per heavy atom. The van der Waals surface area contributed by atoms with Gasteiger partial charge in [0.05, 0.1) is 10.6 Å². The van der Waals surface area contributed by atoms with Crippen LogP contribution >= 0.6 is 0 Å². The number of pyridine rings is 1. The number of urea groups is 1. The topological polar surface area (TPSA) is 114 Å². The van der Waals surface area contributed by atoms with Crippen molar-refractivity contribution in [3.05, 3.63) is 54.4 Å². The van der Waals surface area contributed by atoms with Gasteiger partial charge in [-0.15, -0.1) is 0 Å². The van der Waals surface area contributed by atoms with Crippen LogP contribution in [0.25, 0.3) is 0 Å². The van der Waals surface area contributed by atoms with Crippen LogP contribution in [0.3, 0.4) is 0 Å². The predicted octanol–water partition coefficient (Wildman–Crippen LogP) is 2.96. The molecule has 2 aliphatic rings. The van der Waals surface area contributed by atoms with Gasteiger partial charge in [-0.1, -0.05) is 0 Å². The zero-order chi connectivity index (χ0) is 26.7. The third-order valence-electron chi connectivity index (χ3n) is 5.63.